The number of carbonyl (C=O) groups is 2. The van der Waals surface area contributed by atoms with Gasteiger partial charge in [0.1, 0.15) is 17.5 Å². The third kappa shape index (κ3) is 5.96. The van der Waals surface area contributed by atoms with Crippen molar-refractivity contribution in [3.63, 3.8) is 0 Å². The number of aromatic hydroxyl groups is 1. The fraction of sp³-hybridized carbons (Fsp3) is 0.222. The highest BCUT2D eigenvalue weighted by molar-refractivity contribution is 14.1. The van der Waals surface area contributed by atoms with Gasteiger partial charge in [0, 0.05) is 20.4 Å². The zero-order valence-electron chi connectivity index (χ0n) is 14.7. The first-order valence-corrected chi connectivity index (χ1v) is 12.1. The maximum atomic E-state index is 11.6. The van der Waals surface area contributed by atoms with Crippen LogP contribution in [0.3, 0.4) is 0 Å². The minimum absolute atomic E-state index is 0.201. The molecular formula is C18H15I4NO5. The lowest BCUT2D eigenvalue weighted by Crippen LogP contribution is -2.42. The van der Waals surface area contributed by atoms with Crippen LogP contribution in [0.15, 0.2) is 24.3 Å². The molecule has 0 saturated carbocycles. The van der Waals surface area contributed by atoms with Crippen LogP contribution in [0.4, 0.5) is 0 Å². The van der Waals surface area contributed by atoms with Gasteiger partial charge in [-0.3, -0.25) is 4.79 Å². The summed E-state index contributed by atoms with van der Waals surface area (Å²) in [6.07, 6.45) is 0.201. The van der Waals surface area contributed by atoms with Crippen LogP contribution in [0.5, 0.6) is 17.2 Å². The zero-order valence-corrected chi connectivity index (χ0v) is 23.3. The van der Waals surface area contributed by atoms with Crippen molar-refractivity contribution >= 4 is 102 Å². The van der Waals surface area contributed by atoms with Crippen LogP contribution in [0.25, 0.3) is 0 Å². The predicted molar refractivity (Wildman–Crippen MR) is 139 cm³/mol. The second-order valence-corrected chi connectivity index (χ2v) is 10.6. The van der Waals surface area contributed by atoms with Gasteiger partial charge in [-0.15, -0.1) is 0 Å². The van der Waals surface area contributed by atoms with Crippen molar-refractivity contribution in [3.8, 4) is 17.2 Å². The van der Waals surface area contributed by atoms with Crippen LogP contribution in [0, 0.1) is 14.3 Å². The number of hydrogen-bond donors (Lipinski definition) is 2. The summed E-state index contributed by atoms with van der Waals surface area (Å²) in [4.78, 5) is 24.4. The third-order valence-corrected chi connectivity index (χ3v) is 7.19. The summed E-state index contributed by atoms with van der Waals surface area (Å²) >= 11 is 8.38. The van der Waals surface area contributed by atoms with Gasteiger partial charge in [0.05, 0.1) is 14.3 Å². The van der Waals surface area contributed by atoms with Gasteiger partial charge in [0.25, 0.3) is 0 Å². The molecule has 1 atom stereocenters. The Morgan fingerprint density at radius 3 is 1.96 bits per heavy atom. The third-order valence-electron chi connectivity index (χ3n) is 3.95. The Labute approximate surface area is 217 Å². The minimum Gasteiger partial charge on any atom is -0.506 e. The molecule has 0 unspecified atom stereocenters. The summed E-state index contributed by atoms with van der Waals surface area (Å²) in [6.45, 7) is 1.35. The number of carboxylic acid groups (broad SMARTS) is 1. The van der Waals surface area contributed by atoms with Gasteiger partial charge in [-0.25, -0.2) is 4.79 Å². The summed E-state index contributed by atoms with van der Waals surface area (Å²) in [6, 6.07) is 6.29. The molecule has 0 aromatic heterocycles. The second-order valence-electron chi connectivity index (χ2n) is 5.91. The van der Waals surface area contributed by atoms with E-state index in [1.54, 1.807) is 12.1 Å². The van der Waals surface area contributed by atoms with E-state index in [0.29, 0.717) is 18.6 Å². The quantitative estimate of drug-likeness (QED) is 0.398. The standard InChI is InChI=1S/C18H15I4NO5/c1-8(24)23(2)15(18(26)27)5-9-3-13(21)17(14(22)4-9)28-10-6-11(19)16(25)12(20)7-10/h3-4,6-7,15,25H,5H2,1-2H3,(H,26,27)/t15-/m0/s1. The smallest absolute Gasteiger partial charge is 0.326 e. The molecule has 150 valence electrons. The molecule has 1 amide bonds. The molecule has 0 radical (unpaired) electrons. The van der Waals surface area contributed by atoms with Crippen LogP contribution < -0.4 is 4.74 Å². The number of amides is 1. The minimum atomic E-state index is -1.05. The first kappa shape index (κ1) is 24.2. The highest BCUT2D eigenvalue weighted by Crippen LogP contribution is 2.37. The number of carboxylic acids is 1. The van der Waals surface area contributed by atoms with E-state index in [1.165, 1.54) is 18.9 Å². The van der Waals surface area contributed by atoms with E-state index >= 15 is 0 Å². The van der Waals surface area contributed by atoms with Gasteiger partial charge < -0.3 is 19.8 Å². The molecule has 28 heavy (non-hydrogen) atoms. The number of rotatable bonds is 6. The zero-order chi connectivity index (χ0) is 21.2. The largest absolute Gasteiger partial charge is 0.506 e. The van der Waals surface area contributed by atoms with Crippen molar-refractivity contribution in [2.45, 2.75) is 19.4 Å². The van der Waals surface area contributed by atoms with Crippen molar-refractivity contribution in [3.05, 3.63) is 44.1 Å². The van der Waals surface area contributed by atoms with Crippen molar-refractivity contribution in [1.82, 2.24) is 4.90 Å². The fourth-order valence-corrected chi connectivity index (χ4v) is 6.21. The molecule has 2 N–H and O–H groups in total. The normalized spacial score (nSPS) is 11.8. The first-order valence-electron chi connectivity index (χ1n) is 7.81. The molecule has 0 saturated heterocycles. The van der Waals surface area contributed by atoms with E-state index in [9.17, 15) is 19.8 Å². The molecular weight excluding hydrogens is 818 g/mol. The maximum Gasteiger partial charge on any atom is 0.326 e. The van der Waals surface area contributed by atoms with Crippen LogP contribution in [0.1, 0.15) is 12.5 Å². The maximum absolute atomic E-state index is 11.6. The molecule has 2 aromatic rings. The molecule has 0 bridgehead atoms. The highest BCUT2D eigenvalue weighted by atomic mass is 127. The Hall–Kier alpha value is -0.100. The van der Waals surface area contributed by atoms with Crippen molar-refractivity contribution < 1.29 is 24.5 Å². The first-order chi connectivity index (χ1) is 13.0. The van der Waals surface area contributed by atoms with Crippen LogP contribution in [-0.4, -0.2) is 40.1 Å². The summed E-state index contributed by atoms with van der Waals surface area (Å²) < 4.78 is 9.07. The molecule has 0 aliphatic carbocycles. The highest BCUT2D eigenvalue weighted by Gasteiger charge is 2.25. The van der Waals surface area contributed by atoms with E-state index in [1.807, 2.05) is 57.3 Å². The SMILES string of the molecule is CC(=O)N(C)[C@@H](Cc1cc(I)c(Oc2cc(I)c(O)c(I)c2)c(I)c1)C(=O)O. The number of phenols is 1. The molecule has 0 aliphatic rings. The van der Waals surface area contributed by atoms with Crippen molar-refractivity contribution in [2.24, 2.45) is 0 Å². The second kappa shape index (κ2) is 10.3. The van der Waals surface area contributed by atoms with Crippen molar-refractivity contribution in [2.75, 3.05) is 7.05 Å². The molecule has 0 aliphatic heterocycles. The number of phenolic OH excluding ortho intramolecular Hbond substituents is 1. The average Bonchev–Trinajstić information content (AvgIpc) is 2.59. The molecule has 0 heterocycles. The Kier molecular flexibility index (Phi) is 8.87. The van der Waals surface area contributed by atoms with Crippen LogP contribution in [0.2, 0.25) is 0 Å². The topological polar surface area (TPSA) is 87.1 Å². The van der Waals surface area contributed by atoms with Crippen molar-refractivity contribution in [1.29, 1.82) is 0 Å². The Balaban J connectivity index is 2.32. The predicted octanol–water partition coefficient (Wildman–Crippen LogP) is 5.08. The number of aliphatic carboxylic acids is 1. The number of ether oxygens (including phenoxy) is 1. The number of benzene rings is 2. The lowest BCUT2D eigenvalue weighted by atomic mass is 10.0. The molecule has 0 fully saturated rings. The molecule has 2 aromatic carbocycles. The van der Waals surface area contributed by atoms with E-state index in [2.05, 4.69) is 45.2 Å². The number of halogens is 4. The Morgan fingerprint density at radius 2 is 1.54 bits per heavy atom. The van der Waals surface area contributed by atoms with Crippen LogP contribution >= 0.6 is 90.4 Å². The summed E-state index contributed by atoms with van der Waals surface area (Å²) in [5.74, 6) is 0.149. The van der Waals surface area contributed by atoms with E-state index in [0.717, 1.165) is 12.7 Å². The Morgan fingerprint density at radius 1 is 1.04 bits per heavy atom. The van der Waals surface area contributed by atoms with Gasteiger partial charge in [-0.1, -0.05) is 0 Å². The summed E-state index contributed by atoms with van der Waals surface area (Å²) in [7, 11) is 1.49. The Bertz CT molecular complexity index is 888. The number of hydrogen-bond acceptors (Lipinski definition) is 4. The van der Waals surface area contributed by atoms with Gasteiger partial charge in [-0.05, 0) is 120 Å². The molecule has 6 nitrogen and oxygen atoms in total. The van der Waals surface area contributed by atoms with Gasteiger partial charge in [0.15, 0.2) is 5.75 Å². The molecule has 10 heteroatoms. The van der Waals surface area contributed by atoms with Gasteiger partial charge >= 0.3 is 5.97 Å². The molecule has 2 rings (SSSR count). The van der Waals surface area contributed by atoms with Crippen LogP contribution in [-0.2, 0) is 16.0 Å². The van der Waals surface area contributed by atoms with Gasteiger partial charge in [0.2, 0.25) is 5.91 Å². The lowest BCUT2D eigenvalue weighted by molar-refractivity contribution is -0.148. The number of nitrogens with zero attached hydrogens (tertiary/aromatic N) is 1. The van der Waals surface area contributed by atoms with Gasteiger partial charge in [-0.2, -0.15) is 0 Å². The lowest BCUT2D eigenvalue weighted by Gasteiger charge is -2.24. The monoisotopic (exact) mass is 833 g/mol. The average molecular weight is 833 g/mol. The van der Waals surface area contributed by atoms with E-state index in [-0.39, 0.29) is 18.1 Å². The summed E-state index contributed by atoms with van der Waals surface area (Å²) in [5, 5.41) is 19.4. The van der Waals surface area contributed by atoms with E-state index < -0.39 is 12.0 Å². The molecule has 0 spiro atoms. The van der Waals surface area contributed by atoms with E-state index in [4.69, 9.17) is 4.74 Å². The number of carbonyl (C=O) groups excluding carboxylic acids is 1. The fourth-order valence-electron chi connectivity index (χ4n) is 2.38. The summed E-state index contributed by atoms with van der Waals surface area (Å²) in [5.41, 5.74) is 0.802. The number of likely N-dealkylation sites (N-methyl/N-ethyl adjacent to an activating group) is 1.